The van der Waals surface area contributed by atoms with E-state index in [2.05, 4.69) is 81.4 Å². The number of hydrogen-bond donors (Lipinski definition) is 0. The standard InChI is InChI=1S/C36H44O2/c1-33-20-18-28(37)24-27(33)14-15-29-30-16-17-32(34(30,2)21-19-31(29)33)35(3)22-23-36(38-35,25-10-6-4-7-11-25)26-12-8-5-9-13-26/h4-13,24,29-32H,14-23H2,1-3H3/t29-,30+,31-,32+,33+,34+,35+/m1/s1. The highest BCUT2D eigenvalue weighted by atomic mass is 16.5. The minimum atomic E-state index is -0.366. The Labute approximate surface area is 229 Å². The van der Waals surface area contributed by atoms with Crippen LogP contribution in [0.4, 0.5) is 0 Å². The van der Waals surface area contributed by atoms with Gasteiger partial charge in [0.05, 0.1) is 5.60 Å². The maximum absolute atomic E-state index is 12.2. The molecule has 0 aromatic heterocycles. The normalized spacial score (nSPS) is 41.7. The Bertz CT molecular complexity index is 1210. The van der Waals surface area contributed by atoms with E-state index < -0.39 is 0 Å². The molecule has 2 heteroatoms. The second kappa shape index (κ2) is 8.65. The van der Waals surface area contributed by atoms with Gasteiger partial charge in [-0.2, -0.15) is 0 Å². The first kappa shape index (κ1) is 24.8. The van der Waals surface area contributed by atoms with Crippen molar-refractivity contribution in [2.24, 2.45) is 34.5 Å². The van der Waals surface area contributed by atoms with E-state index in [0.29, 0.717) is 17.1 Å². The molecule has 4 aliphatic carbocycles. The number of carbonyl (C=O) groups excluding carboxylic acids is 1. The quantitative estimate of drug-likeness (QED) is 0.415. The van der Waals surface area contributed by atoms with Gasteiger partial charge >= 0.3 is 0 Å². The van der Waals surface area contributed by atoms with E-state index in [9.17, 15) is 4.79 Å². The van der Waals surface area contributed by atoms with Gasteiger partial charge in [-0.25, -0.2) is 0 Å². The molecule has 3 saturated carbocycles. The van der Waals surface area contributed by atoms with Gasteiger partial charge in [0.1, 0.15) is 5.60 Å². The summed E-state index contributed by atoms with van der Waals surface area (Å²) in [6.07, 6.45) is 13.7. The van der Waals surface area contributed by atoms with E-state index in [1.807, 2.05) is 6.08 Å². The molecule has 4 fully saturated rings. The fourth-order valence-electron chi connectivity index (χ4n) is 10.7. The largest absolute Gasteiger partial charge is 0.359 e. The number of benzene rings is 2. The molecule has 0 N–H and O–H groups in total. The van der Waals surface area contributed by atoms with Crippen molar-refractivity contribution in [2.75, 3.05) is 0 Å². The first-order valence-corrected chi connectivity index (χ1v) is 15.3. The SMILES string of the molecule is C[C@]12CC[C@@H]3[C@H](CCC4=CC(=O)CC[C@@]43C)[C@@H]1CC[C@@H]2[C@]1(C)CCC(c2ccccc2)(c2ccccc2)O1. The van der Waals surface area contributed by atoms with Gasteiger partial charge in [-0.15, -0.1) is 0 Å². The zero-order valence-corrected chi connectivity index (χ0v) is 23.5. The summed E-state index contributed by atoms with van der Waals surface area (Å²) in [7, 11) is 0. The van der Waals surface area contributed by atoms with Crippen LogP contribution in [0.15, 0.2) is 72.3 Å². The van der Waals surface area contributed by atoms with Crippen LogP contribution in [0.2, 0.25) is 0 Å². The molecule has 1 heterocycles. The van der Waals surface area contributed by atoms with E-state index in [1.54, 1.807) is 0 Å². The molecule has 2 aromatic carbocycles. The molecule has 0 amide bonds. The lowest BCUT2D eigenvalue weighted by atomic mass is 9.46. The first-order chi connectivity index (χ1) is 18.3. The number of carbonyl (C=O) groups is 1. The lowest BCUT2D eigenvalue weighted by Gasteiger charge is -2.59. The maximum Gasteiger partial charge on any atom is 0.155 e. The third-order valence-corrected chi connectivity index (χ3v) is 12.6. The third kappa shape index (κ3) is 3.44. The predicted octanol–water partition coefficient (Wildman–Crippen LogP) is 8.65. The third-order valence-electron chi connectivity index (χ3n) is 12.6. The highest BCUT2D eigenvalue weighted by Gasteiger charge is 2.64. The molecule has 200 valence electrons. The second-order valence-corrected chi connectivity index (χ2v) is 14.1. The molecular weight excluding hydrogens is 464 g/mol. The highest BCUT2D eigenvalue weighted by Crippen LogP contribution is 2.69. The van der Waals surface area contributed by atoms with Crippen molar-refractivity contribution in [1.29, 1.82) is 0 Å². The van der Waals surface area contributed by atoms with Crippen molar-refractivity contribution in [2.45, 2.75) is 96.2 Å². The minimum absolute atomic E-state index is 0.122. The number of ether oxygens (including phenoxy) is 1. The minimum Gasteiger partial charge on any atom is -0.359 e. The van der Waals surface area contributed by atoms with E-state index >= 15 is 0 Å². The summed E-state index contributed by atoms with van der Waals surface area (Å²) >= 11 is 0. The molecule has 1 aliphatic heterocycles. The van der Waals surface area contributed by atoms with Gasteiger partial charge in [0.15, 0.2) is 5.78 Å². The Kier molecular flexibility index (Phi) is 5.65. The fraction of sp³-hybridized carbons (Fsp3) is 0.583. The smallest absolute Gasteiger partial charge is 0.155 e. The topological polar surface area (TPSA) is 26.3 Å². The lowest BCUT2D eigenvalue weighted by Crippen LogP contribution is -2.53. The lowest BCUT2D eigenvalue weighted by molar-refractivity contribution is -0.150. The second-order valence-electron chi connectivity index (χ2n) is 14.1. The molecule has 2 aromatic rings. The molecule has 1 saturated heterocycles. The number of rotatable bonds is 3. The zero-order valence-electron chi connectivity index (χ0n) is 23.5. The van der Waals surface area contributed by atoms with Crippen LogP contribution in [-0.4, -0.2) is 11.4 Å². The molecular formula is C36H44O2. The average Bonchev–Trinajstić information content (AvgIpc) is 3.49. The van der Waals surface area contributed by atoms with Crippen molar-refractivity contribution >= 4 is 5.78 Å². The molecule has 0 bridgehead atoms. The highest BCUT2D eigenvalue weighted by molar-refractivity contribution is 5.91. The van der Waals surface area contributed by atoms with E-state index in [0.717, 1.165) is 49.9 Å². The summed E-state index contributed by atoms with van der Waals surface area (Å²) in [5, 5.41) is 0. The van der Waals surface area contributed by atoms with E-state index in [4.69, 9.17) is 4.74 Å². The average molecular weight is 509 g/mol. The van der Waals surface area contributed by atoms with Crippen molar-refractivity contribution in [3.8, 4) is 0 Å². The summed E-state index contributed by atoms with van der Waals surface area (Å²) in [5.74, 6) is 3.28. The van der Waals surface area contributed by atoms with Gasteiger partial charge in [0.25, 0.3) is 0 Å². The fourth-order valence-corrected chi connectivity index (χ4v) is 10.7. The molecule has 38 heavy (non-hydrogen) atoms. The Morgan fingerprint density at radius 1 is 0.711 bits per heavy atom. The number of hydrogen-bond acceptors (Lipinski definition) is 2. The van der Waals surface area contributed by atoms with Crippen LogP contribution >= 0.6 is 0 Å². The number of ketones is 1. The van der Waals surface area contributed by atoms with Crippen LogP contribution in [-0.2, 0) is 15.1 Å². The Morgan fingerprint density at radius 2 is 1.39 bits per heavy atom. The van der Waals surface area contributed by atoms with Gasteiger partial charge in [0.2, 0.25) is 0 Å². The Hall–Kier alpha value is -2.19. The van der Waals surface area contributed by atoms with Crippen molar-refractivity contribution < 1.29 is 9.53 Å². The van der Waals surface area contributed by atoms with Crippen molar-refractivity contribution in [1.82, 2.24) is 0 Å². The van der Waals surface area contributed by atoms with Crippen molar-refractivity contribution in [3.63, 3.8) is 0 Å². The van der Waals surface area contributed by atoms with E-state index in [1.165, 1.54) is 48.8 Å². The van der Waals surface area contributed by atoms with E-state index in [-0.39, 0.29) is 16.6 Å². The zero-order chi connectivity index (χ0) is 26.2. The van der Waals surface area contributed by atoms with Gasteiger partial charge in [-0.3, -0.25) is 4.79 Å². The van der Waals surface area contributed by atoms with Gasteiger partial charge in [-0.05, 0) is 116 Å². The summed E-state index contributed by atoms with van der Waals surface area (Å²) in [5.41, 5.74) is 4.17. The molecule has 7 rings (SSSR count). The molecule has 5 aliphatic rings. The molecule has 7 atom stereocenters. The monoisotopic (exact) mass is 508 g/mol. The summed E-state index contributed by atoms with van der Waals surface area (Å²) < 4.78 is 7.51. The van der Waals surface area contributed by atoms with Crippen LogP contribution in [0.1, 0.15) is 96.1 Å². The summed E-state index contributed by atoms with van der Waals surface area (Å²) in [4.78, 5) is 12.2. The van der Waals surface area contributed by atoms with Gasteiger partial charge in [-0.1, -0.05) is 80.1 Å². The Balaban J connectivity index is 1.21. The van der Waals surface area contributed by atoms with Crippen LogP contribution in [0, 0.1) is 34.5 Å². The predicted molar refractivity (Wildman–Crippen MR) is 153 cm³/mol. The molecule has 0 radical (unpaired) electrons. The molecule has 0 spiro atoms. The number of allylic oxidation sites excluding steroid dienone is 1. The maximum atomic E-state index is 12.2. The van der Waals surface area contributed by atoms with Crippen molar-refractivity contribution in [3.05, 3.63) is 83.4 Å². The first-order valence-electron chi connectivity index (χ1n) is 15.3. The van der Waals surface area contributed by atoms with Crippen LogP contribution < -0.4 is 0 Å². The van der Waals surface area contributed by atoms with Gasteiger partial charge in [0, 0.05) is 6.42 Å². The number of fused-ring (bicyclic) bond motifs is 5. The van der Waals surface area contributed by atoms with Crippen LogP contribution in [0.5, 0.6) is 0 Å². The summed E-state index contributed by atoms with van der Waals surface area (Å²) in [6, 6.07) is 22.0. The van der Waals surface area contributed by atoms with Gasteiger partial charge < -0.3 is 4.74 Å². The van der Waals surface area contributed by atoms with Crippen LogP contribution in [0.25, 0.3) is 0 Å². The molecule has 2 nitrogen and oxygen atoms in total. The summed E-state index contributed by atoms with van der Waals surface area (Å²) in [6.45, 7) is 7.61. The van der Waals surface area contributed by atoms with Crippen LogP contribution in [0.3, 0.4) is 0 Å². The molecule has 0 unspecified atom stereocenters. The Morgan fingerprint density at radius 3 is 2.08 bits per heavy atom.